The van der Waals surface area contributed by atoms with E-state index >= 15 is 0 Å². The van der Waals surface area contributed by atoms with E-state index in [9.17, 15) is 0 Å². The first kappa shape index (κ1) is 9.68. The molecule has 0 radical (unpaired) electrons. The maximum Gasteiger partial charge on any atom is 0.174 e. The van der Waals surface area contributed by atoms with Crippen LogP contribution >= 0.6 is 28.1 Å². The van der Waals surface area contributed by atoms with Crippen molar-refractivity contribution in [2.75, 3.05) is 0 Å². The molecule has 0 bridgehead atoms. The lowest BCUT2D eigenvalue weighted by atomic mass is 10.1. The lowest BCUT2D eigenvalue weighted by molar-refractivity contribution is 1.27. The lowest BCUT2D eigenvalue weighted by Gasteiger charge is -2.03. The van der Waals surface area contributed by atoms with Gasteiger partial charge >= 0.3 is 0 Å². The molecule has 2 nitrogen and oxygen atoms in total. The molecule has 0 aliphatic rings. The first-order valence-electron chi connectivity index (χ1n) is 4.21. The number of aromatic amines is 2. The Morgan fingerprint density at radius 2 is 2.14 bits per heavy atom. The van der Waals surface area contributed by atoms with Crippen molar-refractivity contribution in [2.45, 2.75) is 6.92 Å². The van der Waals surface area contributed by atoms with Crippen LogP contribution in [0, 0.1) is 11.7 Å². The summed E-state index contributed by atoms with van der Waals surface area (Å²) in [5.74, 6) is 0. The smallest absolute Gasteiger partial charge is 0.174 e. The number of rotatable bonds is 1. The summed E-state index contributed by atoms with van der Waals surface area (Å²) in [6, 6.07) is 6.17. The third-order valence-corrected chi connectivity index (χ3v) is 2.80. The van der Waals surface area contributed by atoms with Crippen molar-refractivity contribution in [3.63, 3.8) is 0 Å². The van der Waals surface area contributed by atoms with Gasteiger partial charge in [-0.25, -0.2) is 0 Å². The van der Waals surface area contributed by atoms with Gasteiger partial charge in [0.2, 0.25) is 0 Å². The Balaban J connectivity index is 2.61. The molecule has 0 amide bonds. The highest BCUT2D eigenvalue weighted by atomic mass is 79.9. The molecule has 4 heteroatoms. The highest BCUT2D eigenvalue weighted by Gasteiger charge is 2.03. The SMILES string of the molecule is Cc1ccc(Br)cc1-c1c[nH]c(=S)[nH]1. The van der Waals surface area contributed by atoms with Gasteiger partial charge in [-0.05, 0) is 36.8 Å². The van der Waals surface area contributed by atoms with E-state index in [0.717, 1.165) is 15.7 Å². The molecular formula is C10H9BrN2S. The van der Waals surface area contributed by atoms with Gasteiger partial charge in [-0.3, -0.25) is 0 Å². The summed E-state index contributed by atoms with van der Waals surface area (Å²) in [5.41, 5.74) is 3.40. The highest BCUT2D eigenvalue weighted by Crippen LogP contribution is 2.24. The van der Waals surface area contributed by atoms with Gasteiger partial charge < -0.3 is 9.97 Å². The highest BCUT2D eigenvalue weighted by molar-refractivity contribution is 9.10. The van der Waals surface area contributed by atoms with Crippen LogP contribution in [-0.4, -0.2) is 9.97 Å². The Kier molecular flexibility index (Phi) is 2.56. The van der Waals surface area contributed by atoms with E-state index in [1.165, 1.54) is 5.56 Å². The minimum Gasteiger partial charge on any atom is -0.337 e. The van der Waals surface area contributed by atoms with Gasteiger partial charge in [0.25, 0.3) is 0 Å². The molecule has 72 valence electrons. The van der Waals surface area contributed by atoms with Crippen molar-refractivity contribution >= 4 is 28.1 Å². The number of aryl methyl sites for hydroxylation is 1. The van der Waals surface area contributed by atoms with Gasteiger partial charge in [-0.2, -0.15) is 0 Å². The second-order valence-electron chi connectivity index (χ2n) is 3.12. The van der Waals surface area contributed by atoms with Crippen molar-refractivity contribution < 1.29 is 0 Å². The molecule has 2 N–H and O–H groups in total. The van der Waals surface area contributed by atoms with E-state index in [2.05, 4.69) is 45.0 Å². The number of hydrogen-bond donors (Lipinski definition) is 2. The molecule has 2 aromatic rings. The molecule has 1 aromatic carbocycles. The summed E-state index contributed by atoms with van der Waals surface area (Å²) >= 11 is 8.44. The van der Waals surface area contributed by atoms with Gasteiger partial charge in [0, 0.05) is 16.2 Å². The molecule has 1 heterocycles. The van der Waals surface area contributed by atoms with Crippen molar-refractivity contribution in [1.29, 1.82) is 0 Å². The van der Waals surface area contributed by atoms with Crippen LogP contribution < -0.4 is 0 Å². The molecule has 0 saturated carbocycles. The first-order valence-corrected chi connectivity index (χ1v) is 5.41. The zero-order valence-corrected chi connectivity index (χ0v) is 10.00. The fourth-order valence-corrected chi connectivity index (χ4v) is 1.89. The Morgan fingerprint density at radius 3 is 2.79 bits per heavy atom. The fraction of sp³-hybridized carbons (Fsp3) is 0.100. The van der Waals surface area contributed by atoms with E-state index in [-0.39, 0.29) is 0 Å². The quantitative estimate of drug-likeness (QED) is 0.758. The summed E-state index contributed by atoms with van der Waals surface area (Å²) < 4.78 is 1.72. The Labute approximate surface area is 95.5 Å². The molecule has 0 aliphatic carbocycles. The standard InChI is InChI=1S/C10H9BrN2S/c1-6-2-3-7(11)4-8(6)9-5-12-10(14)13-9/h2-5H,1H3,(H2,12,13,14). The molecule has 0 unspecified atom stereocenters. The molecule has 14 heavy (non-hydrogen) atoms. The minimum atomic E-state index is 0.652. The number of nitrogens with one attached hydrogen (secondary N) is 2. The number of imidazole rings is 1. The van der Waals surface area contributed by atoms with Gasteiger partial charge in [0.1, 0.15) is 0 Å². The molecular weight excluding hydrogens is 260 g/mol. The summed E-state index contributed by atoms with van der Waals surface area (Å²) in [5, 5.41) is 0. The summed E-state index contributed by atoms with van der Waals surface area (Å²) in [6.45, 7) is 2.08. The van der Waals surface area contributed by atoms with Crippen LogP contribution in [0.2, 0.25) is 0 Å². The Morgan fingerprint density at radius 1 is 1.36 bits per heavy atom. The third-order valence-electron chi connectivity index (χ3n) is 2.09. The molecule has 1 aromatic heterocycles. The van der Waals surface area contributed by atoms with Crippen molar-refractivity contribution in [1.82, 2.24) is 9.97 Å². The Hall–Kier alpha value is -0.870. The largest absolute Gasteiger partial charge is 0.337 e. The topological polar surface area (TPSA) is 31.6 Å². The summed E-state index contributed by atoms with van der Waals surface area (Å²) in [4.78, 5) is 6.06. The van der Waals surface area contributed by atoms with Crippen LogP contribution in [0.3, 0.4) is 0 Å². The second-order valence-corrected chi connectivity index (χ2v) is 4.44. The van der Waals surface area contributed by atoms with E-state index < -0.39 is 0 Å². The number of hydrogen-bond acceptors (Lipinski definition) is 1. The Bertz CT molecular complexity index is 513. The molecule has 2 rings (SSSR count). The maximum atomic E-state index is 4.99. The predicted molar refractivity (Wildman–Crippen MR) is 63.9 cm³/mol. The fourth-order valence-electron chi connectivity index (χ4n) is 1.36. The minimum absolute atomic E-state index is 0.652. The van der Waals surface area contributed by atoms with Crippen LogP contribution in [0.25, 0.3) is 11.3 Å². The molecule has 0 atom stereocenters. The van der Waals surface area contributed by atoms with E-state index in [1.807, 2.05) is 12.3 Å². The van der Waals surface area contributed by atoms with E-state index in [1.54, 1.807) is 0 Å². The van der Waals surface area contributed by atoms with Crippen molar-refractivity contribution in [3.8, 4) is 11.3 Å². The average Bonchev–Trinajstić information content (AvgIpc) is 2.56. The lowest BCUT2D eigenvalue weighted by Crippen LogP contribution is -1.82. The summed E-state index contributed by atoms with van der Waals surface area (Å²) in [6.07, 6.45) is 1.89. The van der Waals surface area contributed by atoms with Crippen LogP contribution in [0.15, 0.2) is 28.9 Å². The number of aromatic nitrogens is 2. The van der Waals surface area contributed by atoms with Crippen LogP contribution in [0.4, 0.5) is 0 Å². The molecule has 0 spiro atoms. The zero-order valence-electron chi connectivity index (χ0n) is 7.60. The van der Waals surface area contributed by atoms with Gasteiger partial charge in [0.05, 0.1) is 5.69 Å². The average molecular weight is 269 g/mol. The van der Waals surface area contributed by atoms with Gasteiger partial charge in [0.15, 0.2) is 4.77 Å². The predicted octanol–water partition coefficient (Wildman–Crippen LogP) is 3.81. The molecule has 0 fully saturated rings. The third kappa shape index (κ3) is 1.81. The van der Waals surface area contributed by atoms with Crippen LogP contribution in [0.5, 0.6) is 0 Å². The van der Waals surface area contributed by atoms with Gasteiger partial charge in [-0.1, -0.05) is 22.0 Å². The number of benzene rings is 1. The van der Waals surface area contributed by atoms with Crippen molar-refractivity contribution in [2.24, 2.45) is 0 Å². The van der Waals surface area contributed by atoms with Gasteiger partial charge in [-0.15, -0.1) is 0 Å². The van der Waals surface area contributed by atoms with Crippen molar-refractivity contribution in [3.05, 3.63) is 39.2 Å². The first-order chi connectivity index (χ1) is 6.66. The van der Waals surface area contributed by atoms with Crippen LogP contribution in [0.1, 0.15) is 5.56 Å². The maximum absolute atomic E-state index is 4.99. The molecule has 0 aliphatic heterocycles. The normalized spacial score (nSPS) is 10.4. The second kappa shape index (κ2) is 3.71. The number of H-pyrrole nitrogens is 2. The molecule has 0 saturated heterocycles. The van der Waals surface area contributed by atoms with E-state index in [0.29, 0.717) is 4.77 Å². The number of halogens is 1. The summed E-state index contributed by atoms with van der Waals surface area (Å²) in [7, 11) is 0. The van der Waals surface area contributed by atoms with Crippen LogP contribution in [-0.2, 0) is 0 Å². The monoisotopic (exact) mass is 268 g/mol. The van der Waals surface area contributed by atoms with E-state index in [4.69, 9.17) is 12.2 Å². The zero-order chi connectivity index (χ0) is 10.1.